The Balaban J connectivity index is 1.41. The first kappa shape index (κ1) is 20.7. The number of ether oxygens (including phenoxy) is 1. The molecule has 29 heavy (non-hydrogen) atoms. The second-order valence-electron chi connectivity index (χ2n) is 8.80. The number of β-amino-alcohol motifs (C(OH)–C–C–N with tert-alkyl or cyclic N) is 1. The lowest BCUT2D eigenvalue weighted by molar-refractivity contribution is -0.0588. The van der Waals surface area contributed by atoms with Crippen LogP contribution in [-0.4, -0.2) is 40.3 Å². The summed E-state index contributed by atoms with van der Waals surface area (Å²) in [7, 11) is 0. The summed E-state index contributed by atoms with van der Waals surface area (Å²) >= 11 is 6.23. The Morgan fingerprint density at radius 2 is 1.83 bits per heavy atom. The number of hydrogen-bond acceptors (Lipinski definition) is 4. The van der Waals surface area contributed by atoms with Crippen LogP contribution in [0.15, 0.2) is 30.3 Å². The number of piperidine rings is 1. The molecule has 0 bridgehead atoms. The zero-order chi connectivity index (χ0) is 20.8. The molecule has 2 N–H and O–H groups in total. The van der Waals surface area contributed by atoms with Crippen LogP contribution in [0.5, 0.6) is 5.75 Å². The van der Waals surface area contributed by atoms with Crippen LogP contribution in [-0.2, 0) is 0 Å². The van der Waals surface area contributed by atoms with E-state index < -0.39 is 12.2 Å². The van der Waals surface area contributed by atoms with Crippen LogP contribution < -0.4 is 4.74 Å². The number of likely N-dealkylation sites (tertiary alicyclic amines) is 1. The molecule has 1 saturated heterocycles. The Hall–Kier alpha value is -1.59. The molecular formula is C24H30ClNO3. The van der Waals surface area contributed by atoms with Crippen LogP contribution >= 0.6 is 11.6 Å². The summed E-state index contributed by atoms with van der Waals surface area (Å²) in [5.74, 6) is 0.759. The molecule has 2 aromatic carbocycles. The lowest BCUT2D eigenvalue weighted by atomic mass is 9.81. The Bertz CT molecular complexity index is 905. The number of benzene rings is 2. The van der Waals surface area contributed by atoms with E-state index in [4.69, 9.17) is 16.3 Å². The van der Waals surface area contributed by atoms with Crippen LogP contribution in [0.2, 0.25) is 5.02 Å². The minimum absolute atomic E-state index is 0.339. The third-order valence-electron chi connectivity index (χ3n) is 6.66. The largest absolute Gasteiger partial charge is 0.487 e. The molecule has 0 radical (unpaired) electrons. The summed E-state index contributed by atoms with van der Waals surface area (Å²) in [5, 5.41) is 22.1. The van der Waals surface area contributed by atoms with E-state index in [-0.39, 0.29) is 5.60 Å². The first-order valence-electron chi connectivity index (χ1n) is 10.4. The van der Waals surface area contributed by atoms with E-state index in [0.717, 1.165) is 48.4 Å². The first-order chi connectivity index (χ1) is 13.8. The monoisotopic (exact) mass is 415 g/mol. The van der Waals surface area contributed by atoms with Gasteiger partial charge in [-0.1, -0.05) is 29.8 Å². The third-order valence-corrected chi connectivity index (χ3v) is 7.06. The molecule has 4 rings (SSSR count). The van der Waals surface area contributed by atoms with E-state index >= 15 is 0 Å². The summed E-state index contributed by atoms with van der Waals surface area (Å²) in [6, 6.07) is 9.94. The van der Waals surface area contributed by atoms with Crippen molar-refractivity contribution in [2.45, 2.75) is 57.8 Å². The van der Waals surface area contributed by atoms with E-state index in [1.165, 1.54) is 11.1 Å². The molecule has 2 heterocycles. The highest BCUT2D eigenvalue weighted by atomic mass is 35.5. The molecule has 2 aliphatic rings. The van der Waals surface area contributed by atoms with Crippen molar-refractivity contribution >= 4 is 11.6 Å². The van der Waals surface area contributed by atoms with Crippen LogP contribution in [0.3, 0.4) is 0 Å². The molecule has 2 atom stereocenters. The van der Waals surface area contributed by atoms with Gasteiger partial charge in [-0.05, 0) is 68.0 Å². The number of hydrogen-bond donors (Lipinski definition) is 2. The molecule has 0 unspecified atom stereocenters. The van der Waals surface area contributed by atoms with Crippen molar-refractivity contribution in [2.24, 2.45) is 0 Å². The van der Waals surface area contributed by atoms with Gasteiger partial charge in [-0.25, -0.2) is 0 Å². The summed E-state index contributed by atoms with van der Waals surface area (Å²) in [4.78, 5) is 2.30. The standard InChI is InChI=1S/C24H30ClNO3/c1-15-4-5-18(10-16(15)2)22(28)14-26-8-6-24(7-9-26)13-21(27)19-12-20(25)17(3)11-23(19)29-24/h4-5,10-12,21-22,27-28H,6-9,13-14H2,1-3H3/t21-,22-/m0/s1. The molecular weight excluding hydrogens is 386 g/mol. The smallest absolute Gasteiger partial charge is 0.126 e. The number of halogens is 1. The van der Waals surface area contributed by atoms with Crippen molar-refractivity contribution in [3.05, 3.63) is 63.2 Å². The van der Waals surface area contributed by atoms with E-state index in [1.807, 2.05) is 25.1 Å². The lowest BCUT2D eigenvalue weighted by Gasteiger charge is -2.46. The molecule has 0 saturated carbocycles. The topological polar surface area (TPSA) is 52.9 Å². The maximum atomic E-state index is 10.7. The van der Waals surface area contributed by atoms with Crippen molar-refractivity contribution in [3.63, 3.8) is 0 Å². The normalized spacial score (nSPS) is 22.2. The van der Waals surface area contributed by atoms with Gasteiger partial charge in [0.05, 0.1) is 12.2 Å². The highest BCUT2D eigenvalue weighted by Gasteiger charge is 2.43. The van der Waals surface area contributed by atoms with Gasteiger partial charge in [0.15, 0.2) is 0 Å². The minimum Gasteiger partial charge on any atom is -0.487 e. The maximum Gasteiger partial charge on any atom is 0.126 e. The predicted octanol–water partition coefficient (Wildman–Crippen LogP) is 4.65. The molecule has 0 aliphatic carbocycles. The van der Waals surface area contributed by atoms with Crippen LogP contribution in [0, 0.1) is 20.8 Å². The lowest BCUT2D eigenvalue weighted by Crippen LogP contribution is -2.51. The third kappa shape index (κ3) is 4.17. The van der Waals surface area contributed by atoms with Crippen molar-refractivity contribution in [2.75, 3.05) is 19.6 Å². The summed E-state index contributed by atoms with van der Waals surface area (Å²) in [6.07, 6.45) is 1.22. The van der Waals surface area contributed by atoms with Gasteiger partial charge in [-0.2, -0.15) is 0 Å². The van der Waals surface area contributed by atoms with Gasteiger partial charge in [0.1, 0.15) is 11.4 Å². The van der Waals surface area contributed by atoms with Crippen molar-refractivity contribution in [1.29, 1.82) is 0 Å². The minimum atomic E-state index is -0.551. The average molecular weight is 416 g/mol. The highest BCUT2D eigenvalue weighted by Crippen LogP contribution is 2.45. The predicted molar refractivity (Wildman–Crippen MR) is 116 cm³/mol. The SMILES string of the molecule is Cc1ccc([C@@H](O)CN2CCC3(CC2)C[C@H](O)c2cc(Cl)c(C)cc2O3)cc1C. The molecule has 156 valence electrons. The van der Waals surface area contributed by atoms with Gasteiger partial charge in [0.2, 0.25) is 0 Å². The van der Waals surface area contributed by atoms with Crippen LogP contribution in [0.1, 0.15) is 59.3 Å². The zero-order valence-corrected chi connectivity index (χ0v) is 18.2. The van der Waals surface area contributed by atoms with Gasteiger partial charge in [0, 0.05) is 36.6 Å². The highest BCUT2D eigenvalue weighted by molar-refractivity contribution is 6.31. The van der Waals surface area contributed by atoms with Crippen molar-refractivity contribution < 1.29 is 14.9 Å². The summed E-state index contributed by atoms with van der Waals surface area (Å²) < 4.78 is 6.43. The fourth-order valence-corrected chi connectivity index (χ4v) is 4.70. The Kier molecular flexibility index (Phi) is 5.64. The van der Waals surface area contributed by atoms with Gasteiger partial charge < -0.3 is 19.8 Å². The van der Waals surface area contributed by atoms with Crippen LogP contribution in [0.25, 0.3) is 0 Å². The number of fused-ring (bicyclic) bond motifs is 1. The van der Waals surface area contributed by atoms with Gasteiger partial charge >= 0.3 is 0 Å². The number of aryl methyl sites for hydroxylation is 3. The Labute approximate surface area is 178 Å². The van der Waals surface area contributed by atoms with Gasteiger partial charge in [0.25, 0.3) is 0 Å². The number of rotatable bonds is 3. The average Bonchev–Trinajstić information content (AvgIpc) is 2.68. The molecule has 4 nitrogen and oxygen atoms in total. The number of aliphatic hydroxyl groups is 2. The quantitative estimate of drug-likeness (QED) is 0.766. The maximum absolute atomic E-state index is 10.7. The fraction of sp³-hybridized carbons (Fsp3) is 0.500. The van der Waals surface area contributed by atoms with E-state index in [1.54, 1.807) is 0 Å². The zero-order valence-electron chi connectivity index (χ0n) is 17.4. The van der Waals surface area contributed by atoms with Crippen LogP contribution in [0.4, 0.5) is 0 Å². The van der Waals surface area contributed by atoms with Crippen molar-refractivity contribution in [3.8, 4) is 5.75 Å². The van der Waals surface area contributed by atoms with Gasteiger partial charge in [-0.3, -0.25) is 0 Å². The second kappa shape index (κ2) is 7.92. The number of aliphatic hydroxyl groups excluding tert-OH is 2. The van der Waals surface area contributed by atoms with Crippen molar-refractivity contribution in [1.82, 2.24) is 4.90 Å². The Morgan fingerprint density at radius 1 is 1.10 bits per heavy atom. The Morgan fingerprint density at radius 3 is 2.52 bits per heavy atom. The molecule has 0 aromatic heterocycles. The molecule has 2 aromatic rings. The fourth-order valence-electron chi connectivity index (χ4n) is 4.53. The van der Waals surface area contributed by atoms with Gasteiger partial charge in [-0.15, -0.1) is 0 Å². The van der Waals surface area contributed by atoms with E-state index in [9.17, 15) is 10.2 Å². The molecule has 2 aliphatic heterocycles. The number of nitrogens with zero attached hydrogens (tertiary/aromatic N) is 1. The molecule has 1 fully saturated rings. The van der Waals surface area contributed by atoms with E-state index in [0.29, 0.717) is 18.0 Å². The second-order valence-corrected chi connectivity index (χ2v) is 9.21. The molecule has 0 amide bonds. The molecule has 1 spiro atoms. The van der Waals surface area contributed by atoms with E-state index in [2.05, 4.69) is 30.9 Å². The first-order valence-corrected chi connectivity index (χ1v) is 10.8. The summed E-state index contributed by atoms with van der Waals surface area (Å²) in [6.45, 7) is 8.42. The molecule has 5 heteroatoms. The summed E-state index contributed by atoms with van der Waals surface area (Å²) in [5.41, 5.74) is 4.83.